The summed E-state index contributed by atoms with van der Waals surface area (Å²) in [5, 5.41) is 11.6. The Bertz CT molecular complexity index is 457. The van der Waals surface area contributed by atoms with Gasteiger partial charge in [0.05, 0.1) is 9.77 Å². The van der Waals surface area contributed by atoms with Crippen LogP contribution in [0.25, 0.3) is 0 Å². The van der Waals surface area contributed by atoms with Gasteiger partial charge in [-0.3, -0.25) is 0 Å². The molecule has 0 saturated carbocycles. The van der Waals surface area contributed by atoms with Crippen LogP contribution in [0.2, 0.25) is 0 Å². The summed E-state index contributed by atoms with van der Waals surface area (Å²) in [6, 6.07) is 9.69. The van der Waals surface area contributed by atoms with Gasteiger partial charge in [0.15, 0.2) is 0 Å². The standard InChI is InChI=1S/C10H6N2S2/c11-7-8-3-1-5-12-10(8)14-9-4-2-6-13-9/h1-6H. The van der Waals surface area contributed by atoms with Gasteiger partial charge in [0.2, 0.25) is 0 Å². The minimum absolute atomic E-state index is 0.630. The molecule has 0 fully saturated rings. The molecule has 0 aliphatic carbocycles. The van der Waals surface area contributed by atoms with Gasteiger partial charge in [0.1, 0.15) is 11.1 Å². The van der Waals surface area contributed by atoms with Crippen molar-refractivity contribution in [2.75, 3.05) is 0 Å². The molecule has 2 aromatic rings. The Morgan fingerprint density at radius 2 is 2.29 bits per heavy atom. The van der Waals surface area contributed by atoms with Crippen molar-refractivity contribution < 1.29 is 0 Å². The largest absolute Gasteiger partial charge is 0.248 e. The zero-order valence-electron chi connectivity index (χ0n) is 7.18. The molecule has 2 nitrogen and oxygen atoms in total. The molecule has 0 unspecified atom stereocenters. The number of hydrogen-bond donors (Lipinski definition) is 0. The first-order valence-corrected chi connectivity index (χ1v) is 5.66. The van der Waals surface area contributed by atoms with Crippen LogP contribution in [0.3, 0.4) is 0 Å². The zero-order chi connectivity index (χ0) is 9.80. The lowest BCUT2D eigenvalue weighted by Crippen LogP contribution is -1.83. The van der Waals surface area contributed by atoms with Crippen molar-refractivity contribution in [3.8, 4) is 6.07 Å². The maximum atomic E-state index is 8.85. The topological polar surface area (TPSA) is 36.7 Å². The van der Waals surface area contributed by atoms with Crippen molar-refractivity contribution in [1.29, 1.82) is 5.26 Å². The first kappa shape index (κ1) is 9.25. The number of aromatic nitrogens is 1. The molecule has 0 spiro atoms. The SMILES string of the molecule is N#Cc1cccnc1Sc1cccs1. The third-order valence-corrected chi connectivity index (χ3v) is 3.64. The summed E-state index contributed by atoms with van der Waals surface area (Å²) in [5.74, 6) is 0. The summed E-state index contributed by atoms with van der Waals surface area (Å²) in [5.41, 5.74) is 0.630. The van der Waals surface area contributed by atoms with Crippen LogP contribution in [-0.2, 0) is 0 Å². The van der Waals surface area contributed by atoms with Gasteiger partial charge in [0.25, 0.3) is 0 Å². The second kappa shape index (κ2) is 4.27. The lowest BCUT2D eigenvalue weighted by atomic mass is 10.3. The van der Waals surface area contributed by atoms with Crippen LogP contribution in [0, 0.1) is 11.3 Å². The minimum Gasteiger partial charge on any atom is -0.248 e. The van der Waals surface area contributed by atoms with Gasteiger partial charge in [-0.15, -0.1) is 11.3 Å². The molecule has 0 N–H and O–H groups in total. The van der Waals surface area contributed by atoms with E-state index in [1.165, 1.54) is 11.8 Å². The molecule has 2 rings (SSSR count). The summed E-state index contributed by atoms with van der Waals surface area (Å²) in [6.07, 6.45) is 1.71. The van der Waals surface area contributed by atoms with Crippen molar-refractivity contribution in [2.45, 2.75) is 9.24 Å². The van der Waals surface area contributed by atoms with Crippen molar-refractivity contribution in [1.82, 2.24) is 4.98 Å². The van der Waals surface area contributed by atoms with Crippen LogP contribution in [0.4, 0.5) is 0 Å². The van der Waals surface area contributed by atoms with Gasteiger partial charge >= 0.3 is 0 Å². The van der Waals surface area contributed by atoms with Gasteiger partial charge in [-0.2, -0.15) is 5.26 Å². The molecule has 0 amide bonds. The Labute approximate surface area is 90.2 Å². The smallest absolute Gasteiger partial charge is 0.119 e. The Kier molecular flexibility index (Phi) is 2.82. The molecular formula is C10H6N2S2. The maximum Gasteiger partial charge on any atom is 0.119 e. The van der Waals surface area contributed by atoms with Crippen LogP contribution in [0.15, 0.2) is 45.1 Å². The van der Waals surface area contributed by atoms with Gasteiger partial charge in [0, 0.05) is 6.20 Å². The van der Waals surface area contributed by atoms with E-state index in [1.807, 2.05) is 17.5 Å². The first-order valence-electron chi connectivity index (χ1n) is 3.96. The fraction of sp³-hybridized carbons (Fsp3) is 0. The number of nitrogens with zero attached hydrogens (tertiary/aromatic N) is 2. The predicted octanol–water partition coefficient (Wildman–Crippen LogP) is 3.17. The molecule has 0 aliphatic heterocycles. The molecule has 0 atom stereocenters. The summed E-state index contributed by atoms with van der Waals surface area (Å²) in [6.45, 7) is 0. The molecule has 0 saturated heterocycles. The summed E-state index contributed by atoms with van der Waals surface area (Å²) >= 11 is 3.18. The van der Waals surface area contributed by atoms with Crippen molar-refractivity contribution in [3.05, 3.63) is 41.4 Å². The predicted molar refractivity (Wildman–Crippen MR) is 57.4 cm³/mol. The van der Waals surface area contributed by atoms with Gasteiger partial charge in [-0.25, -0.2) is 4.98 Å². The average molecular weight is 218 g/mol. The Hall–Kier alpha value is -1.31. The van der Waals surface area contributed by atoms with Crippen molar-refractivity contribution >= 4 is 23.1 Å². The van der Waals surface area contributed by atoms with Crippen LogP contribution >= 0.6 is 23.1 Å². The number of hydrogen-bond acceptors (Lipinski definition) is 4. The van der Waals surface area contributed by atoms with E-state index < -0.39 is 0 Å². The van der Waals surface area contributed by atoms with Crippen molar-refractivity contribution in [2.24, 2.45) is 0 Å². The fourth-order valence-electron chi connectivity index (χ4n) is 0.974. The maximum absolute atomic E-state index is 8.85. The van der Waals surface area contributed by atoms with Crippen molar-refractivity contribution in [3.63, 3.8) is 0 Å². The van der Waals surface area contributed by atoms with E-state index in [9.17, 15) is 0 Å². The highest BCUT2D eigenvalue weighted by Gasteiger charge is 2.04. The molecule has 14 heavy (non-hydrogen) atoms. The highest BCUT2D eigenvalue weighted by Crippen LogP contribution is 2.31. The molecular weight excluding hydrogens is 212 g/mol. The Balaban J connectivity index is 2.30. The Morgan fingerprint density at radius 1 is 1.36 bits per heavy atom. The summed E-state index contributed by atoms with van der Waals surface area (Å²) in [7, 11) is 0. The second-order valence-corrected chi connectivity index (χ2v) is 4.74. The quantitative estimate of drug-likeness (QED) is 0.776. The van der Waals surface area contributed by atoms with Crippen LogP contribution in [0.5, 0.6) is 0 Å². The van der Waals surface area contributed by atoms with E-state index >= 15 is 0 Å². The summed E-state index contributed by atoms with van der Waals surface area (Å²) < 4.78 is 1.15. The van der Waals surface area contributed by atoms with Gasteiger partial charge in [-0.05, 0) is 23.6 Å². The summed E-state index contributed by atoms with van der Waals surface area (Å²) in [4.78, 5) is 4.17. The lowest BCUT2D eigenvalue weighted by Gasteiger charge is -1.98. The number of rotatable bonds is 2. The molecule has 4 heteroatoms. The van der Waals surface area contributed by atoms with E-state index in [2.05, 4.69) is 11.1 Å². The monoisotopic (exact) mass is 218 g/mol. The number of nitriles is 1. The third kappa shape index (κ3) is 1.95. The first-order chi connectivity index (χ1) is 6.90. The molecule has 0 aliphatic rings. The highest BCUT2D eigenvalue weighted by atomic mass is 32.2. The van der Waals surface area contributed by atoms with E-state index in [0.29, 0.717) is 5.56 Å². The number of pyridine rings is 1. The lowest BCUT2D eigenvalue weighted by molar-refractivity contribution is 1.11. The van der Waals surface area contributed by atoms with Gasteiger partial charge in [-0.1, -0.05) is 17.8 Å². The molecule has 2 heterocycles. The normalized spacial score (nSPS) is 9.64. The van der Waals surface area contributed by atoms with Gasteiger partial charge < -0.3 is 0 Å². The van der Waals surface area contributed by atoms with E-state index in [0.717, 1.165) is 9.24 Å². The molecule has 0 aromatic carbocycles. The van der Waals surface area contributed by atoms with Crippen LogP contribution < -0.4 is 0 Å². The average Bonchev–Trinajstić information content (AvgIpc) is 2.71. The van der Waals surface area contributed by atoms with Crippen LogP contribution in [-0.4, -0.2) is 4.98 Å². The zero-order valence-corrected chi connectivity index (χ0v) is 8.81. The molecule has 2 aromatic heterocycles. The second-order valence-electron chi connectivity index (χ2n) is 2.50. The van der Waals surface area contributed by atoms with E-state index in [1.54, 1.807) is 29.7 Å². The van der Waals surface area contributed by atoms with E-state index in [-0.39, 0.29) is 0 Å². The fourth-order valence-corrected chi connectivity index (χ4v) is 2.69. The Morgan fingerprint density at radius 3 is 3.00 bits per heavy atom. The third-order valence-electron chi connectivity index (χ3n) is 1.58. The molecule has 0 radical (unpaired) electrons. The highest BCUT2D eigenvalue weighted by molar-refractivity contribution is 8.01. The minimum atomic E-state index is 0.630. The molecule has 0 bridgehead atoms. The van der Waals surface area contributed by atoms with Crippen LogP contribution in [0.1, 0.15) is 5.56 Å². The molecule has 68 valence electrons. The number of thiophene rings is 1. The van der Waals surface area contributed by atoms with E-state index in [4.69, 9.17) is 5.26 Å².